The topological polar surface area (TPSA) is 15.3 Å². The summed E-state index contributed by atoms with van der Waals surface area (Å²) in [5, 5.41) is 3.86. The van der Waals surface area contributed by atoms with E-state index in [2.05, 4.69) is 17.1 Å². The van der Waals surface area contributed by atoms with Crippen molar-refractivity contribution < 1.29 is 0 Å². The van der Waals surface area contributed by atoms with E-state index in [1.807, 2.05) is 0 Å². The zero-order chi connectivity index (χ0) is 11.7. The molecule has 1 spiro atoms. The van der Waals surface area contributed by atoms with Crippen molar-refractivity contribution >= 4 is 0 Å². The average Bonchev–Trinajstić information content (AvgIpc) is 2.77. The zero-order valence-electron chi connectivity index (χ0n) is 11.4. The Bertz CT molecular complexity index is 252. The molecule has 0 radical (unpaired) electrons. The summed E-state index contributed by atoms with van der Waals surface area (Å²) in [5.74, 6) is 0.939. The molecule has 3 aliphatic rings. The largest absolute Gasteiger partial charge is 0.309 e. The van der Waals surface area contributed by atoms with E-state index in [4.69, 9.17) is 0 Å². The predicted molar refractivity (Wildman–Crippen MR) is 72.2 cm³/mol. The zero-order valence-corrected chi connectivity index (χ0v) is 11.4. The number of piperazine rings is 1. The summed E-state index contributed by atoms with van der Waals surface area (Å²) < 4.78 is 0. The second-order valence-electron chi connectivity index (χ2n) is 6.71. The molecule has 98 valence electrons. The monoisotopic (exact) mass is 236 g/mol. The first kappa shape index (κ1) is 12.0. The van der Waals surface area contributed by atoms with Gasteiger partial charge in [0.2, 0.25) is 0 Å². The first-order valence-electron chi connectivity index (χ1n) is 7.78. The summed E-state index contributed by atoms with van der Waals surface area (Å²) in [6.07, 6.45) is 11.6. The lowest BCUT2D eigenvalue weighted by atomic mass is 9.79. The Labute approximate surface area is 106 Å². The van der Waals surface area contributed by atoms with Crippen LogP contribution in [0.15, 0.2) is 0 Å². The highest BCUT2D eigenvalue weighted by Gasteiger charge is 2.40. The maximum atomic E-state index is 3.86. The van der Waals surface area contributed by atoms with Gasteiger partial charge < -0.3 is 5.32 Å². The minimum Gasteiger partial charge on any atom is -0.309 e. The summed E-state index contributed by atoms with van der Waals surface area (Å²) in [6, 6.07) is 0.899. The van der Waals surface area contributed by atoms with Crippen LogP contribution in [0.4, 0.5) is 0 Å². The van der Waals surface area contributed by atoms with Crippen LogP contribution in [0.1, 0.15) is 58.3 Å². The first-order chi connectivity index (χ1) is 8.29. The van der Waals surface area contributed by atoms with Gasteiger partial charge in [-0.1, -0.05) is 32.6 Å². The fourth-order valence-corrected chi connectivity index (χ4v) is 4.50. The highest BCUT2D eigenvalue weighted by Crippen LogP contribution is 2.35. The van der Waals surface area contributed by atoms with Crippen LogP contribution in [-0.2, 0) is 0 Å². The Kier molecular flexibility index (Phi) is 3.45. The molecule has 0 bridgehead atoms. The van der Waals surface area contributed by atoms with E-state index in [9.17, 15) is 0 Å². The molecule has 3 rings (SSSR count). The Morgan fingerprint density at radius 2 is 1.88 bits per heavy atom. The molecule has 2 nitrogen and oxygen atoms in total. The van der Waals surface area contributed by atoms with E-state index in [0.717, 1.165) is 12.0 Å². The van der Waals surface area contributed by atoms with Crippen molar-refractivity contribution in [2.24, 2.45) is 5.92 Å². The van der Waals surface area contributed by atoms with Gasteiger partial charge in [0.05, 0.1) is 0 Å². The molecule has 0 aromatic heterocycles. The van der Waals surface area contributed by atoms with Crippen molar-refractivity contribution in [1.29, 1.82) is 0 Å². The molecule has 1 N–H and O–H groups in total. The fraction of sp³-hybridized carbons (Fsp3) is 1.00. The molecule has 2 unspecified atom stereocenters. The third kappa shape index (κ3) is 2.39. The molecule has 2 atom stereocenters. The Morgan fingerprint density at radius 3 is 2.59 bits per heavy atom. The molecule has 3 fully saturated rings. The van der Waals surface area contributed by atoms with Gasteiger partial charge in [-0.05, 0) is 31.6 Å². The van der Waals surface area contributed by atoms with Gasteiger partial charge in [0, 0.05) is 31.2 Å². The van der Waals surface area contributed by atoms with Crippen LogP contribution in [0.3, 0.4) is 0 Å². The molecule has 2 aliphatic carbocycles. The molecular formula is C15H28N2. The molecule has 2 saturated carbocycles. The summed E-state index contributed by atoms with van der Waals surface area (Å²) in [4.78, 5) is 2.83. The van der Waals surface area contributed by atoms with Gasteiger partial charge in [-0.3, -0.25) is 4.90 Å². The SMILES string of the molecule is CC1CCCC1N1CCNC2(CCCCC2)C1. The van der Waals surface area contributed by atoms with Crippen LogP contribution in [0.2, 0.25) is 0 Å². The summed E-state index contributed by atoms with van der Waals surface area (Å²) >= 11 is 0. The molecule has 2 heteroatoms. The van der Waals surface area contributed by atoms with Gasteiger partial charge in [0.15, 0.2) is 0 Å². The van der Waals surface area contributed by atoms with E-state index in [1.54, 1.807) is 0 Å². The lowest BCUT2D eigenvalue weighted by Crippen LogP contribution is -2.63. The predicted octanol–water partition coefficient (Wildman–Crippen LogP) is 2.78. The van der Waals surface area contributed by atoms with E-state index in [-0.39, 0.29) is 0 Å². The van der Waals surface area contributed by atoms with Crippen LogP contribution in [0.5, 0.6) is 0 Å². The summed E-state index contributed by atoms with van der Waals surface area (Å²) in [7, 11) is 0. The van der Waals surface area contributed by atoms with Crippen LogP contribution >= 0.6 is 0 Å². The Balaban J connectivity index is 1.66. The average molecular weight is 236 g/mol. The molecule has 17 heavy (non-hydrogen) atoms. The van der Waals surface area contributed by atoms with Crippen molar-refractivity contribution in [1.82, 2.24) is 10.2 Å². The van der Waals surface area contributed by atoms with Gasteiger partial charge in [-0.25, -0.2) is 0 Å². The normalized spacial score (nSPS) is 38.6. The third-order valence-corrected chi connectivity index (χ3v) is 5.50. The van der Waals surface area contributed by atoms with E-state index >= 15 is 0 Å². The fourth-order valence-electron chi connectivity index (χ4n) is 4.50. The second-order valence-corrected chi connectivity index (χ2v) is 6.71. The van der Waals surface area contributed by atoms with E-state index in [0.29, 0.717) is 5.54 Å². The maximum Gasteiger partial charge on any atom is 0.0309 e. The first-order valence-corrected chi connectivity index (χ1v) is 7.78. The van der Waals surface area contributed by atoms with E-state index in [1.165, 1.54) is 71.0 Å². The Hall–Kier alpha value is -0.0800. The number of rotatable bonds is 1. The van der Waals surface area contributed by atoms with Crippen molar-refractivity contribution in [2.75, 3.05) is 19.6 Å². The lowest BCUT2D eigenvalue weighted by Gasteiger charge is -2.48. The highest BCUT2D eigenvalue weighted by atomic mass is 15.2. The second kappa shape index (κ2) is 4.89. The van der Waals surface area contributed by atoms with Crippen molar-refractivity contribution in [3.63, 3.8) is 0 Å². The van der Waals surface area contributed by atoms with Gasteiger partial charge in [-0.2, -0.15) is 0 Å². The third-order valence-electron chi connectivity index (χ3n) is 5.50. The van der Waals surface area contributed by atoms with Crippen molar-refractivity contribution in [2.45, 2.75) is 69.9 Å². The van der Waals surface area contributed by atoms with Gasteiger partial charge >= 0.3 is 0 Å². The smallest absolute Gasteiger partial charge is 0.0309 e. The van der Waals surface area contributed by atoms with Crippen LogP contribution in [-0.4, -0.2) is 36.1 Å². The molecule has 0 aromatic carbocycles. The number of hydrogen-bond acceptors (Lipinski definition) is 2. The number of nitrogens with one attached hydrogen (secondary N) is 1. The van der Waals surface area contributed by atoms with Crippen LogP contribution in [0.25, 0.3) is 0 Å². The molecule has 0 amide bonds. The van der Waals surface area contributed by atoms with Crippen molar-refractivity contribution in [3.8, 4) is 0 Å². The summed E-state index contributed by atoms with van der Waals surface area (Å²) in [6.45, 7) is 6.31. The minimum absolute atomic E-state index is 0.499. The maximum absolute atomic E-state index is 3.86. The van der Waals surface area contributed by atoms with Gasteiger partial charge in [0.1, 0.15) is 0 Å². The molecule has 0 aromatic rings. The minimum atomic E-state index is 0.499. The molecule has 1 aliphatic heterocycles. The number of hydrogen-bond donors (Lipinski definition) is 1. The van der Waals surface area contributed by atoms with Gasteiger partial charge in [-0.15, -0.1) is 0 Å². The van der Waals surface area contributed by atoms with E-state index < -0.39 is 0 Å². The number of nitrogens with zero attached hydrogens (tertiary/aromatic N) is 1. The quantitative estimate of drug-likeness (QED) is 0.753. The summed E-state index contributed by atoms with van der Waals surface area (Å²) in [5.41, 5.74) is 0.499. The lowest BCUT2D eigenvalue weighted by molar-refractivity contribution is 0.0568. The van der Waals surface area contributed by atoms with Crippen LogP contribution in [0, 0.1) is 5.92 Å². The standard InChI is InChI=1S/C15H28N2/c1-13-6-5-7-14(13)17-11-10-16-15(12-17)8-3-2-4-9-15/h13-14,16H,2-12H2,1H3. The van der Waals surface area contributed by atoms with Crippen molar-refractivity contribution in [3.05, 3.63) is 0 Å². The molecule has 1 saturated heterocycles. The molecular weight excluding hydrogens is 208 g/mol. The highest BCUT2D eigenvalue weighted by molar-refractivity contribution is 4.99. The Morgan fingerprint density at radius 1 is 1.06 bits per heavy atom. The van der Waals surface area contributed by atoms with Crippen LogP contribution < -0.4 is 5.32 Å². The van der Waals surface area contributed by atoms with Gasteiger partial charge in [0.25, 0.3) is 0 Å². The molecule has 1 heterocycles.